The zero-order chi connectivity index (χ0) is 25.4. The summed E-state index contributed by atoms with van der Waals surface area (Å²) in [4.78, 5) is 36.3. The molecule has 1 aromatic carbocycles. The van der Waals surface area contributed by atoms with Crippen molar-refractivity contribution >= 4 is 27.8 Å². The zero-order valence-corrected chi connectivity index (χ0v) is 19.5. The van der Waals surface area contributed by atoms with Crippen LogP contribution in [0.25, 0.3) is 0 Å². The van der Waals surface area contributed by atoms with Gasteiger partial charge in [0.05, 0.1) is 4.90 Å². The number of ether oxygens (including phenoxy) is 1. The molecule has 0 aromatic heterocycles. The summed E-state index contributed by atoms with van der Waals surface area (Å²) in [5, 5.41) is 3.98. The normalized spacial score (nSPS) is 13.0. The summed E-state index contributed by atoms with van der Waals surface area (Å²) in [5.41, 5.74) is -0.0235. The van der Waals surface area contributed by atoms with Crippen molar-refractivity contribution in [2.45, 2.75) is 44.8 Å². The van der Waals surface area contributed by atoms with Gasteiger partial charge in [0.2, 0.25) is 10.0 Å². The van der Waals surface area contributed by atoms with Crippen molar-refractivity contribution in [3.05, 3.63) is 29.8 Å². The minimum absolute atomic E-state index is 0.0235. The highest BCUT2D eigenvalue weighted by Crippen LogP contribution is 2.17. The molecule has 0 fully saturated rings. The Kier molecular flexibility index (Phi) is 10.3. The smallest absolute Gasteiger partial charge is 0.405 e. The van der Waals surface area contributed by atoms with E-state index in [9.17, 15) is 36.0 Å². The van der Waals surface area contributed by atoms with Crippen molar-refractivity contribution in [2.75, 3.05) is 26.2 Å². The molecule has 2 amide bonds. The third-order valence-electron chi connectivity index (χ3n) is 4.48. The minimum atomic E-state index is -4.61. The highest BCUT2D eigenvalue weighted by atomic mass is 32.2. The molecule has 1 unspecified atom stereocenters. The maximum Gasteiger partial charge on any atom is 0.405 e. The molecule has 0 saturated carbocycles. The molecule has 0 heterocycles. The Bertz CT molecular complexity index is 947. The van der Waals surface area contributed by atoms with Crippen molar-refractivity contribution in [1.82, 2.24) is 14.9 Å². The number of carbonyl (C=O) groups is 3. The van der Waals surface area contributed by atoms with Gasteiger partial charge in [-0.1, -0.05) is 33.8 Å². The molecule has 0 spiro atoms. The highest BCUT2D eigenvalue weighted by Gasteiger charge is 2.30. The average molecular weight is 496 g/mol. The van der Waals surface area contributed by atoms with Crippen LogP contribution in [0.2, 0.25) is 0 Å². The molecule has 33 heavy (non-hydrogen) atoms. The molecule has 0 radical (unpaired) electrons. The van der Waals surface area contributed by atoms with E-state index in [2.05, 4.69) is 5.32 Å². The number of hydrogen-bond acceptors (Lipinski definition) is 6. The van der Waals surface area contributed by atoms with Crippen LogP contribution in [0.4, 0.5) is 13.2 Å². The van der Waals surface area contributed by atoms with Crippen LogP contribution >= 0.6 is 0 Å². The lowest BCUT2D eigenvalue weighted by atomic mass is 10.0. The third kappa shape index (κ3) is 8.65. The standard InChI is InChI=1S/C20H28F3N3O6S/c1-5-26(6-2)33(30,31)15-9-7-8-14(10-15)18(28)25-17(13(3)4)19(29)32-11-16(27)24-12-20(21,22)23/h7-10,13,17H,5-6,11-12H2,1-4H3,(H,24,27)(H,25,28). The van der Waals surface area contributed by atoms with Gasteiger partial charge in [-0.25, -0.2) is 13.2 Å². The molecular weight excluding hydrogens is 467 g/mol. The Labute approximate surface area is 190 Å². The van der Waals surface area contributed by atoms with E-state index in [1.54, 1.807) is 33.0 Å². The van der Waals surface area contributed by atoms with Gasteiger partial charge >= 0.3 is 12.1 Å². The van der Waals surface area contributed by atoms with Gasteiger partial charge in [0, 0.05) is 18.7 Å². The average Bonchev–Trinajstić information content (AvgIpc) is 2.74. The summed E-state index contributed by atoms with van der Waals surface area (Å²) in [5.74, 6) is -3.43. The van der Waals surface area contributed by atoms with Gasteiger partial charge in [-0.15, -0.1) is 0 Å². The van der Waals surface area contributed by atoms with Crippen molar-refractivity contribution in [3.63, 3.8) is 0 Å². The summed E-state index contributed by atoms with van der Waals surface area (Å²) in [6, 6.07) is 4.05. The first kappa shape index (κ1) is 28.4. The predicted molar refractivity (Wildman–Crippen MR) is 113 cm³/mol. The largest absolute Gasteiger partial charge is 0.454 e. The van der Waals surface area contributed by atoms with E-state index >= 15 is 0 Å². The maximum absolute atomic E-state index is 12.7. The van der Waals surface area contributed by atoms with E-state index in [1.165, 1.54) is 28.6 Å². The summed E-state index contributed by atoms with van der Waals surface area (Å²) >= 11 is 0. The Hall–Kier alpha value is -2.67. The number of nitrogens with one attached hydrogen (secondary N) is 2. The van der Waals surface area contributed by atoms with Crippen molar-refractivity contribution < 1.29 is 40.7 Å². The van der Waals surface area contributed by atoms with Gasteiger partial charge in [-0.2, -0.15) is 17.5 Å². The summed E-state index contributed by atoms with van der Waals surface area (Å²) in [6.07, 6.45) is -4.61. The van der Waals surface area contributed by atoms with Gasteiger partial charge in [0.15, 0.2) is 6.61 Å². The van der Waals surface area contributed by atoms with Crippen LogP contribution in [-0.4, -0.2) is 69.0 Å². The van der Waals surface area contributed by atoms with Gasteiger partial charge in [0.25, 0.3) is 11.8 Å². The lowest BCUT2D eigenvalue weighted by Gasteiger charge is -2.21. The molecule has 186 valence electrons. The first-order valence-corrected chi connectivity index (χ1v) is 11.6. The number of benzene rings is 1. The molecule has 1 aromatic rings. The van der Waals surface area contributed by atoms with Gasteiger partial charge in [-0.05, 0) is 24.1 Å². The second-order valence-corrected chi connectivity index (χ2v) is 9.25. The monoisotopic (exact) mass is 495 g/mol. The SMILES string of the molecule is CCN(CC)S(=O)(=O)c1cccc(C(=O)NC(C(=O)OCC(=O)NCC(F)(F)F)C(C)C)c1. The van der Waals surface area contributed by atoms with Crippen LogP contribution in [0, 0.1) is 5.92 Å². The van der Waals surface area contributed by atoms with Crippen LogP contribution in [-0.2, 0) is 24.3 Å². The van der Waals surface area contributed by atoms with Gasteiger partial charge in [0.1, 0.15) is 12.6 Å². The van der Waals surface area contributed by atoms with E-state index in [0.717, 1.165) is 0 Å². The van der Waals surface area contributed by atoms with Crippen LogP contribution < -0.4 is 10.6 Å². The molecule has 13 heteroatoms. The van der Waals surface area contributed by atoms with Crippen LogP contribution in [0.3, 0.4) is 0 Å². The summed E-state index contributed by atoms with van der Waals surface area (Å²) in [7, 11) is -3.82. The lowest BCUT2D eigenvalue weighted by Crippen LogP contribution is -2.46. The highest BCUT2D eigenvalue weighted by molar-refractivity contribution is 7.89. The van der Waals surface area contributed by atoms with E-state index in [1.807, 2.05) is 0 Å². The van der Waals surface area contributed by atoms with Crippen molar-refractivity contribution in [1.29, 1.82) is 0 Å². The molecule has 0 aliphatic carbocycles. The molecule has 9 nitrogen and oxygen atoms in total. The van der Waals surface area contributed by atoms with Gasteiger partial charge < -0.3 is 15.4 Å². The first-order chi connectivity index (χ1) is 15.2. The second-order valence-electron chi connectivity index (χ2n) is 7.31. The maximum atomic E-state index is 12.7. The second kappa shape index (κ2) is 12.0. The molecule has 2 N–H and O–H groups in total. The Balaban J connectivity index is 2.90. The number of amides is 2. The Morgan fingerprint density at radius 2 is 1.73 bits per heavy atom. The van der Waals surface area contributed by atoms with Crippen molar-refractivity contribution in [3.8, 4) is 0 Å². The van der Waals surface area contributed by atoms with E-state index in [4.69, 9.17) is 4.74 Å². The molecule has 0 bridgehead atoms. The van der Waals surface area contributed by atoms with Crippen LogP contribution in [0.5, 0.6) is 0 Å². The predicted octanol–water partition coefficient (Wildman–Crippen LogP) is 1.69. The van der Waals surface area contributed by atoms with Crippen LogP contribution in [0.1, 0.15) is 38.1 Å². The fourth-order valence-electron chi connectivity index (χ4n) is 2.71. The third-order valence-corrected chi connectivity index (χ3v) is 6.52. The molecule has 0 aliphatic heterocycles. The number of carbonyl (C=O) groups excluding carboxylic acids is 3. The number of hydrogen-bond donors (Lipinski definition) is 2. The molecule has 1 atom stereocenters. The molecule has 1 rings (SSSR count). The van der Waals surface area contributed by atoms with E-state index in [0.29, 0.717) is 0 Å². The van der Waals surface area contributed by atoms with E-state index < -0.39 is 59.1 Å². The number of sulfonamides is 1. The lowest BCUT2D eigenvalue weighted by molar-refractivity contribution is -0.153. The minimum Gasteiger partial charge on any atom is -0.454 e. The summed E-state index contributed by atoms with van der Waals surface area (Å²) in [6.45, 7) is 4.49. The fraction of sp³-hybridized carbons (Fsp3) is 0.550. The Morgan fingerprint density at radius 3 is 2.24 bits per heavy atom. The van der Waals surface area contributed by atoms with E-state index in [-0.39, 0.29) is 23.5 Å². The van der Waals surface area contributed by atoms with Crippen LogP contribution in [0.15, 0.2) is 29.2 Å². The fourth-order valence-corrected chi connectivity index (χ4v) is 4.21. The topological polar surface area (TPSA) is 122 Å². The molecular formula is C20H28F3N3O6S. The quantitative estimate of drug-likeness (QED) is 0.451. The Morgan fingerprint density at radius 1 is 1.12 bits per heavy atom. The van der Waals surface area contributed by atoms with Crippen molar-refractivity contribution in [2.24, 2.45) is 5.92 Å². The number of esters is 1. The van der Waals surface area contributed by atoms with Gasteiger partial charge in [-0.3, -0.25) is 9.59 Å². The molecule has 0 saturated heterocycles. The summed E-state index contributed by atoms with van der Waals surface area (Å²) < 4.78 is 67.7. The number of nitrogens with zero attached hydrogens (tertiary/aromatic N) is 1. The number of alkyl halides is 3. The zero-order valence-electron chi connectivity index (χ0n) is 18.7. The number of rotatable bonds is 11. The molecule has 0 aliphatic rings. The first-order valence-electron chi connectivity index (χ1n) is 10.1. The number of halogens is 3.